The zero-order valence-corrected chi connectivity index (χ0v) is 15.1. The number of rotatable bonds is 5. The molecule has 2 aromatic rings. The zero-order valence-electron chi connectivity index (χ0n) is 14.3. The first kappa shape index (κ1) is 18.0. The van der Waals surface area contributed by atoms with Gasteiger partial charge in [-0.25, -0.2) is 4.79 Å². The number of methoxy groups -OCH3 is 1. The number of nitrogens with zero attached hydrogens (tertiary/aromatic N) is 2. The Labute approximate surface area is 155 Å². The van der Waals surface area contributed by atoms with E-state index in [0.717, 1.165) is 11.3 Å². The van der Waals surface area contributed by atoms with Gasteiger partial charge in [0.05, 0.1) is 25.2 Å². The van der Waals surface area contributed by atoms with Crippen LogP contribution in [0, 0.1) is 11.3 Å². The first-order valence-electron chi connectivity index (χ1n) is 8.24. The van der Waals surface area contributed by atoms with Crippen molar-refractivity contribution in [3.8, 4) is 17.6 Å². The molecule has 2 heterocycles. The van der Waals surface area contributed by atoms with Crippen molar-refractivity contribution in [1.29, 1.82) is 5.26 Å². The Kier molecular flexibility index (Phi) is 5.54. The highest BCUT2D eigenvalue weighted by Crippen LogP contribution is 2.29. The molecule has 0 aliphatic carbocycles. The molecule has 0 radical (unpaired) electrons. The van der Waals surface area contributed by atoms with E-state index >= 15 is 0 Å². The van der Waals surface area contributed by atoms with Crippen molar-refractivity contribution in [2.45, 2.75) is 25.3 Å². The Bertz CT molecular complexity index is 842. The maximum absolute atomic E-state index is 12.6. The number of hydrogen-bond acceptors (Lipinski definition) is 6. The van der Waals surface area contributed by atoms with Crippen molar-refractivity contribution < 1.29 is 19.1 Å². The van der Waals surface area contributed by atoms with Gasteiger partial charge in [-0.1, -0.05) is 6.07 Å². The number of esters is 1. The van der Waals surface area contributed by atoms with E-state index in [1.165, 1.54) is 30.6 Å². The SMILES string of the molecule is COc1cc(C#N)ccc1OC(=O)C1CCCN1C(=O)Cc1cccs1. The second-order valence-corrected chi connectivity index (χ2v) is 6.93. The quantitative estimate of drug-likeness (QED) is 0.597. The minimum Gasteiger partial charge on any atom is -0.493 e. The molecule has 0 bridgehead atoms. The lowest BCUT2D eigenvalue weighted by molar-refractivity contribution is -0.146. The summed E-state index contributed by atoms with van der Waals surface area (Å²) in [5.74, 6) is 0.00430. The van der Waals surface area contributed by atoms with Crippen LogP contribution < -0.4 is 9.47 Å². The summed E-state index contributed by atoms with van der Waals surface area (Å²) in [5, 5.41) is 10.9. The average molecular weight is 370 g/mol. The van der Waals surface area contributed by atoms with Gasteiger partial charge in [0.15, 0.2) is 11.5 Å². The lowest BCUT2D eigenvalue weighted by Crippen LogP contribution is -2.43. The molecule has 6 nitrogen and oxygen atoms in total. The van der Waals surface area contributed by atoms with Gasteiger partial charge in [-0.3, -0.25) is 4.79 Å². The topological polar surface area (TPSA) is 79.6 Å². The normalized spacial score (nSPS) is 16.2. The maximum atomic E-state index is 12.6. The monoisotopic (exact) mass is 370 g/mol. The molecule has 1 fully saturated rings. The van der Waals surface area contributed by atoms with Gasteiger partial charge in [0.1, 0.15) is 6.04 Å². The zero-order chi connectivity index (χ0) is 18.5. The number of hydrogen-bond donors (Lipinski definition) is 0. The van der Waals surface area contributed by atoms with E-state index in [-0.39, 0.29) is 11.7 Å². The van der Waals surface area contributed by atoms with Crippen LogP contribution in [0.15, 0.2) is 35.7 Å². The highest BCUT2D eigenvalue weighted by atomic mass is 32.1. The van der Waals surface area contributed by atoms with Crippen LogP contribution >= 0.6 is 11.3 Å². The second-order valence-electron chi connectivity index (χ2n) is 5.90. The molecule has 0 saturated carbocycles. The van der Waals surface area contributed by atoms with Crippen molar-refractivity contribution in [2.24, 2.45) is 0 Å². The van der Waals surface area contributed by atoms with Gasteiger partial charge in [-0.15, -0.1) is 11.3 Å². The number of amides is 1. The molecule has 0 N–H and O–H groups in total. The minimum atomic E-state index is -0.595. The van der Waals surface area contributed by atoms with Gasteiger partial charge in [0.2, 0.25) is 5.91 Å². The van der Waals surface area contributed by atoms with E-state index in [9.17, 15) is 9.59 Å². The molecule has 1 saturated heterocycles. The maximum Gasteiger partial charge on any atom is 0.334 e. The molecule has 1 aliphatic rings. The summed E-state index contributed by atoms with van der Waals surface area (Å²) in [5.41, 5.74) is 0.412. The average Bonchev–Trinajstić information content (AvgIpc) is 3.33. The summed E-state index contributed by atoms with van der Waals surface area (Å²) in [6.45, 7) is 0.550. The van der Waals surface area contributed by atoms with Crippen LogP contribution in [0.2, 0.25) is 0 Å². The number of likely N-dealkylation sites (tertiary alicyclic amines) is 1. The summed E-state index contributed by atoms with van der Waals surface area (Å²) in [7, 11) is 1.44. The summed E-state index contributed by atoms with van der Waals surface area (Å²) >= 11 is 1.52. The Morgan fingerprint density at radius 1 is 1.35 bits per heavy atom. The molecule has 7 heteroatoms. The Morgan fingerprint density at radius 2 is 2.19 bits per heavy atom. The Hall–Kier alpha value is -2.85. The van der Waals surface area contributed by atoms with E-state index in [1.54, 1.807) is 11.0 Å². The first-order chi connectivity index (χ1) is 12.6. The number of carbonyl (C=O) groups excluding carboxylic acids is 2. The molecule has 26 heavy (non-hydrogen) atoms. The number of nitriles is 1. The van der Waals surface area contributed by atoms with Crippen LogP contribution in [0.4, 0.5) is 0 Å². The van der Waals surface area contributed by atoms with E-state index in [4.69, 9.17) is 14.7 Å². The van der Waals surface area contributed by atoms with Crippen molar-refractivity contribution >= 4 is 23.2 Å². The molecule has 134 valence electrons. The summed E-state index contributed by atoms with van der Waals surface area (Å²) < 4.78 is 10.7. The Balaban J connectivity index is 1.70. The van der Waals surface area contributed by atoms with Crippen LogP contribution in [0.25, 0.3) is 0 Å². The molecule has 1 atom stereocenters. The number of benzene rings is 1. The van der Waals surface area contributed by atoms with Crippen molar-refractivity contribution in [2.75, 3.05) is 13.7 Å². The van der Waals surface area contributed by atoms with Gasteiger partial charge in [0, 0.05) is 17.5 Å². The fraction of sp³-hybridized carbons (Fsp3) is 0.316. The van der Waals surface area contributed by atoms with E-state index in [0.29, 0.717) is 30.7 Å². The smallest absolute Gasteiger partial charge is 0.334 e. The predicted molar refractivity (Wildman–Crippen MR) is 96.1 cm³/mol. The highest BCUT2D eigenvalue weighted by molar-refractivity contribution is 7.10. The molecule has 3 rings (SSSR count). The number of ether oxygens (including phenoxy) is 2. The van der Waals surface area contributed by atoms with Gasteiger partial charge < -0.3 is 14.4 Å². The highest BCUT2D eigenvalue weighted by Gasteiger charge is 2.35. The largest absolute Gasteiger partial charge is 0.493 e. The second kappa shape index (κ2) is 8.02. The standard InChI is InChI=1S/C19H18N2O4S/c1-24-17-10-13(12-20)6-7-16(17)25-19(23)15-5-2-8-21(15)18(22)11-14-4-3-9-26-14/h3-4,6-7,9-10,15H,2,5,8,11H2,1H3. The molecular weight excluding hydrogens is 352 g/mol. The predicted octanol–water partition coefficient (Wildman–Crippen LogP) is 2.77. The Morgan fingerprint density at radius 3 is 2.88 bits per heavy atom. The van der Waals surface area contributed by atoms with E-state index in [2.05, 4.69) is 0 Å². The van der Waals surface area contributed by atoms with Gasteiger partial charge in [-0.2, -0.15) is 5.26 Å². The number of carbonyl (C=O) groups is 2. The summed E-state index contributed by atoms with van der Waals surface area (Å²) in [6, 6.07) is 9.82. The lowest BCUT2D eigenvalue weighted by atomic mass is 10.2. The first-order valence-corrected chi connectivity index (χ1v) is 9.12. The van der Waals surface area contributed by atoms with E-state index < -0.39 is 12.0 Å². The van der Waals surface area contributed by atoms with Crippen molar-refractivity contribution in [3.05, 3.63) is 46.2 Å². The van der Waals surface area contributed by atoms with Crippen LogP contribution in [-0.2, 0) is 16.0 Å². The third kappa shape index (κ3) is 3.86. The third-order valence-electron chi connectivity index (χ3n) is 4.25. The summed E-state index contributed by atoms with van der Waals surface area (Å²) in [4.78, 5) is 27.7. The molecule has 1 unspecified atom stereocenters. The molecular formula is C19H18N2O4S. The van der Waals surface area contributed by atoms with Crippen LogP contribution in [0.5, 0.6) is 11.5 Å². The van der Waals surface area contributed by atoms with Crippen molar-refractivity contribution in [3.63, 3.8) is 0 Å². The van der Waals surface area contributed by atoms with Gasteiger partial charge >= 0.3 is 5.97 Å². The van der Waals surface area contributed by atoms with Crippen LogP contribution in [0.1, 0.15) is 23.3 Å². The van der Waals surface area contributed by atoms with Crippen LogP contribution in [0.3, 0.4) is 0 Å². The minimum absolute atomic E-state index is 0.0707. The van der Waals surface area contributed by atoms with Crippen LogP contribution in [-0.4, -0.2) is 36.5 Å². The molecule has 1 aromatic carbocycles. The molecule has 0 spiro atoms. The molecule has 1 amide bonds. The lowest BCUT2D eigenvalue weighted by Gasteiger charge is -2.23. The van der Waals surface area contributed by atoms with Gasteiger partial charge in [0.25, 0.3) is 0 Å². The molecule has 1 aromatic heterocycles. The summed E-state index contributed by atoms with van der Waals surface area (Å²) in [6.07, 6.45) is 1.63. The van der Waals surface area contributed by atoms with Crippen molar-refractivity contribution in [1.82, 2.24) is 4.90 Å². The third-order valence-corrected chi connectivity index (χ3v) is 5.13. The fourth-order valence-corrected chi connectivity index (χ4v) is 3.67. The number of thiophene rings is 1. The van der Waals surface area contributed by atoms with Gasteiger partial charge in [-0.05, 0) is 36.4 Å². The van der Waals surface area contributed by atoms with E-state index in [1.807, 2.05) is 23.6 Å². The molecule has 1 aliphatic heterocycles. The fourth-order valence-electron chi connectivity index (χ4n) is 2.97.